The van der Waals surface area contributed by atoms with Gasteiger partial charge in [-0.15, -0.1) is 0 Å². The number of rotatable bonds is 3. The van der Waals surface area contributed by atoms with Crippen molar-refractivity contribution in [1.82, 2.24) is 0 Å². The molecule has 0 heterocycles. The molecule has 0 saturated carbocycles. The van der Waals surface area contributed by atoms with Crippen molar-refractivity contribution in [2.24, 2.45) is 0 Å². The van der Waals surface area contributed by atoms with Crippen LogP contribution in [0.5, 0.6) is 5.75 Å². The molecular weight excluding hydrogens is 288 g/mol. The normalized spacial score (nSPS) is 9.81. The molecule has 0 fully saturated rings. The minimum atomic E-state index is -0.340. The summed E-state index contributed by atoms with van der Waals surface area (Å²) < 4.78 is 5.19. The second-order valence-electron chi connectivity index (χ2n) is 4.46. The van der Waals surface area contributed by atoms with E-state index in [0.717, 1.165) is 5.56 Å². The Morgan fingerprint density at radius 3 is 2.71 bits per heavy atom. The summed E-state index contributed by atoms with van der Waals surface area (Å²) in [6.45, 7) is 1.89. The molecule has 0 aliphatic rings. The first kappa shape index (κ1) is 14.9. The number of carbonyl (C=O) groups is 1. The van der Waals surface area contributed by atoms with Gasteiger partial charge in [-0.3, -0.25) is 4.79 Å². The summed E-state index contributed by atoms with van der Waals surface area (Å²) in [7, 11) is 1.50. The Kier molecular flexibility index (Phi) is 4.46. The lowest BCUT2D eigenvalue weighted by Crippen LogP contribution is -2.14. The molecule has 0 atom stereocenters. The first-order chi connectivity index (χ1) is 10.0. The molecule has 0 aliphatic heterocycles. The van der Waals surface area contributed by atoms with E-state index < -0.39 is 0 Å². The summed E-state index contributed by atoms with van der Waals surface area (Å²) in [5.41, 5.74) is 2.17. The molecule has 4 nitrogen and oxygen atoms in total. The maximum atomic E-state index is 12.4. The van der Waals surface area contributed by atoms with Crippen LogP contribution in [0.15, 0.2) is 36.4 Å². The number of amides is 1. The van der Waals surface area contributed by atoms with Crippen LogP contribution in [0.2, 0.25) is 5.02 Å². The van der Waals surface area contributed by atoms with Crippen LogP contribution in [0, 0.1) is 18.3 Å². The van der Waals surface area contributed by atoms with Crippen LogP contribution in [0.4, 0.5) is 5.69 Å². The highest BCUT2D eigenvalue weighted by Crippen LogP contribution is 2.25. The number of hydrogen-bond donors (Lipinski definition) is 1. The van der Waals surface area contributed by atoms with Gasteiger partial charge in [0.05, 0.1) is 35.0 Å². The van der Waals surface area contributed by atoms with E-state index in [-0.39, 0.29) is 5.91 Å². The second-order valence-corrected chi connectivity index (χ2v) is 4.87. The number of hydrogen-bond acceptors (Lipinski definition) is 3. The fourth-order valence-corrected chi connectivity index (χ4v) is 2.04. The maximum Gasteiger partial charge on any atom is 0.259 e. The Labute approximate surface area is 127 Å². The SMILES string of the molecule is COc1ccc(C)cc1C(=O)Nc1cc(C#N)ccc1Cl. The lowest BCUT2D eigenvalue weighted by Gasteiger charge is -2.11. The predicted molar refractivity (Wildman–Crippen MR) is 81.9 cm³/mol. The van der Waals surface area contributed by atoms with Gasteiger partial charge in [-0.1, -0.05) is 23.2 Å². The van der Waals surface area contributed by atoms with E-state index in [2.05, 4.69) is 5.32 Å². The molecule has 0 aliphatic carbocycles. The number of anilines is 1. The van der Waals surface area contributed by atoms with Gasteiger partial charge in [-0.25, -0.2) is 0 Å². The summed E-state index contributed by atoms with van der Waals surface area (Å²) in [6.07, 6.45) is 0. The maximum absolute atomic E-state index is 12.4. The zero-order valence-electron chi connectivity index (χ0n) is 11.6. The van der Waals surface area contributed by atoms with E-state index >= 15 is 0 Å². The van der Waals surface area contributed by atoms with Gasteiger partial charge in [-0.2, -0.15) is 5.26 Å². The molecule has 0 bridgehead atoms. The summed E-state index contributed by atoms with van der Waals surface area (Å²) in [5, 5.41) is 12.0. The first-order valence-electron chi connectivity index (χ1n) is 6.21. The number of ether oxygens (including phenoxy) is 1. The number of methoxy groups -OCH3 is 1. The number of benzene rings is 2. The van der Waals surface area contributed by atoms with Crippen molar-refractivity contribution >= 4 is 23.2 Å². The van der Waals surface area contributed by atoms with Gasteiger partial charge < -0.3 is 10.1 Å². The van der Waals surface area contributed by atoms with E-state index in [9.17, 15) is 4.79 Å². The van der Waals surface area contributed by atoms with Gasteiger partial charge >= 0.3 is 0 Å². The smallest absolute Gasteiger partial charge is 0.259 e. The Morgan fingerprint density at radius 1 is 1.29 bits per heavy atom. The molecule has 2 aromatic rings. The molecule has 1 amide bonds. The summed E-state index contributed by atoms with van der Waals surface area (Å²) in [6, 6.07) is 12.0. The zero-order chi connectivity index (χ0) is 15.4. The Balaban J connectivity index is 2.35. The van der Waals surface area contributed by atoms with E-state index in [0.29, 0.717) is 27.6 Å². The van der Waals surface area contributed by atoms with Crippen LogP contribution >= 0.6 is 11.6 Å². The number of aryl methyl sites for hydroxylation is 1. The molecule has 0 radical (unpaired) electrons. The highest BCUT2D eigenvalue weighted by Gasteiger charge is 2.14. The molecular formula is C16H13ClN2O2. The Morgan fingerprint density at radius 2 is 2.05 bits per heavy atom. The minimum absolute atomic E-state index is 0.340. The van der Waals surface area contributed by atoms with Crippen LogP contribution < -0.4 is 10.1 Å². The molecule has 0 aromatic heterocycles. The predicted octanol–water partition coefficient (Wildman–Crippen LogP) is 3.78. The number of nitriles is 1. The van der Waals surface area contributed by atoms with E-state index in [4.69, 9.17) is 21.6 Å². The molecule has 2 rings (SSSR count). The number of nitrogens with one attached hydrogen (secondary N) is 1. The molecule has 0 unspecified atom stereocenters. The standard InChI is InChI=1S/C16H13ClN2O2/c1-10-3-6-15(21-2)12(7-10)16(20)19-14-8-11(9-18)4-5-13(14)17/h3-8H,1-2H3,(H,19,20). The van der Waals surface area contributed by atoms with Crippen molar-refractivity contribution in [2.45, 2.75) is 6.92 Å². The molecule has 5 heteroatoms. The summed E-state index contributed by atoms with van der Waals surface area (Å²) >= 11 is 6.03. The van der Waals surface area contributed by atoms with Gasteiger partial charge in [0.1, 0.15) is 5.75 Å². The Hall–Kier alpha value is -2.51. The quantitative estimate of drug-likeness (QED) is 0.938. The lowest BCUT2D eigenvalue weighted by molar-refractivity contribution is 0.102. The van der Waals surface area contributed by atoms with Crippen molar-refractivity contribution in [3.8, 4) is 11.8 Å². The van der Waals surface area contributed by atoms with Crippen molar-refractivity contribution in [3.05, 3.63) is 58.1 Å². The average Bonchev–Trinajstić information content (AvgIpc) is 2.49. The van der Waals surface area contributed by atoms with Gasteiger partial charge in [0.2, 0.25) is 0 Å². The third-order valence-corrected chi connectivity index (χ3v) is 3.27. The lowest BCUT2D eigenvalue weighted by atomic mass is 10.1. The molecule has 1 N–H and O–H groups in total. The van der Waals surface area contributed by atoms with Gasteiger partial charge in [0.15, 0.2) is 0 Å². The summed E-state index contributed by atoms with van der Waals surface area (Å²) in [4.78, 5) is 12.4. The average molecular weight is 301 g/mol. The van der Waals surface area contributed by atoms with Crippen molar-refractivity contribution in [3.63, 3.8) is 0 Å². The minimum Gasteiger partial charge on any atom is -0.496 e. The largest absolute Gasteiger partial charge is 0.496 e. The van der Waals surface area contributed by atoms with Crippen LogP contribution in [0.3, 0.4) is 0 Å². The summed E-state index contributed by atoms with van der Waals surface area (Å²) in [5.74, 6) is 0.137. The second kappa shape index (κ2) is 6.29. The fraction of sp³-hybridized carbons (Fsp3) is 0.125. The number of halogens is 1. The zero-order valence-corrected chi connectivity index (χ0v) is 12.4. The first-order valence-corrected chi connectivity index (χ1v) is 6.58. The van der Waals surface area contributed by atoms with Crippen LogP contribution in [0.1, 0.15) is 21.5 Å². The third-order valence-electron chi connectivity index (χ3n) is 2.94. The van der Waals surface area contributed by atoms with Crippen molar-refractivity contribution in [2.75, 3.05) is 12.4 Å². The highest BCUT2D eigenvalue weighted by atomic mass is 35.5. The van der Waals surface area contributed by atoms with Crippen molar-refractivity contribution < 1.29 is 9.53 Å². The fourth-order valence-electron chi connectivity index (χ4n) is 1.88. The van der Waals surface area contributed by atoms with Crippen molar-refractivity contribution in [1.29, 1.82) is 5.26 Å². The molecule has 0 saturated heterocycles. The van der Waals surface area contributed by atoms with Gasteiger partial charge in [0, 0.05) is 0 Å². The van der Waals surface area contributed by atoms with Gasteiger partial charge in [-0.05, 0) is 37.3 Å². The number of nitrogens with zero attached hydrogens (tertiary/aromatic N) is 1. The molecule has 21 heavy (non-hydrogen) atoms. The Bertz CT molecular complexity index is 736. The van der Waals surface area contributed by atoms with Crippen LogP contribution in [-0.4, -0.2) is 13.0 Å². The van der Waals surface area contributed by atoms with Crippen LogP contribution in [-0.2, 0) is 0 Å². The topological polar surface area (TPSA) is 62.1 Å². The van der Waals surface area contributed by atoms with Crippen LogP contribution in [0.25, 0.3) is 0 Å². The third kappa shape index (κ3) is 3.33. The number of carbonyl (C=O) groups excluding carboxylic acids is 1. The van der Waals surface area contributed by atoms with E-state index in [1.54, 1.807) is 24.3 Å². The highest BCUT2D eigenvalue weighted by molar-refractivity contribution is 6.34. The van der Waals surface area contributed by atoms with E-state index in [1.807, 2.05) is 19.1 Å². The molecule has 106 valence electrons. The van der Waals surface area contributed by atoms with E-state index in [1.165, 1.54) is 13.2 Å². The van der Waals surface area contributed by atoms with Gasteiger partial charge in [0.25, 0.3) is 5.91 Å². The molecule has 0 spiro atoms. The molecule has 2 aromatic carbocycles. The monoisotopic (exact) mass is 300 g/mol.